The molecular formula is C15H30N2O3. The topological polar surface area (TPSA) is 61.8 Å². The predicted octanol–water partition coefficient (Wildman–Crippen LogP) is 1.99. The molecule has 0 radical (unpaired) electrons. The SMILES string of the molecule is CN(CCCNC1CC(O)C1(C)C)C(=O)OC(C)(C)C. The second-order valence-electron chi connectivity index (χ2n) is 7.34. The third-order valence-electron chi connectivity index (χ3n) is 3.98. The highest BCUT2D eigenvalue weighted by Crippen LogP contribution is 2.40. The fraction of sp³-hybridized carbons (Fsp3) is 0.933. The first-order valence-electron chi connectivity index (χ1n) is 7.39. The molecule has 0 aromatic heterocycles. The van der Waals surface area contributed by atoms with Crippen molar-refractivity contribution in [3.8, 4) is 0 Å². The van der Waals surface area contributed by atoms with Gasteiger partial charge in [0.15, 0.2) is 0 Å². The molecule has 1 saturated carbocycles. The minimum atomic E-state index is -0.449. The van der Waals surface area contributed by atoms with Crippen LogP contribution in [0.5, 0.6) is 0 Å². The zero-order valence-corrected chi connectivity index (χ0v) is 13.7. The molecule has 1 aliphatic carbocycles. The van der Waals surface area contributed by atoms with E-state index in [2.05, 4.69) is 19.2 Å². The van der Waals surface area contributed by atoms with Crippen molar-refractivity contribution in [1.29, 1.82) is 0 Å². The number of amides is 1. The molecule has 1 amide bonds. The van der Waals surface area contributed by atoms with Crippen LogP contribution in [0.3, 0.4) is 0 Å². The smallest absolute Gasteiger partial charge is 0.410 e. The summed E-state index contributed by atoms with van der Waals surface area (Å²) in [4.78, 5) is 13.4. The number of aliphatic hydroxyl groups is 1. The summed E-state index contributed by atoms with van der Waals surface area (Å²) in [5.41, 5.74) is -0.493. The van der Waals surface area contributed by atoms with Gasteiger partial charge in [-0.15, -0.1) is 0 Å². The van der Waals surface area contributed by atoms with Crippen LogP contribution in [0.2, 0.25) is 0 Å². The van der Waals surface area contributed by atoms with Crippen LogP contribution in [-0.4, -0.2) is 54.0 Å². The first-order chi connectivity index (χ1) is 9.04. The molecule has 2 unspecified atom stereocenters. The molecular weight excluding hydrogens is 256 g/mol. The summed E-state index contributed by atoms with van der Waals surface area (Å²) < 4.78 is 5.29. The molecule has 0 aromatic rings. The lowest BCUT2D eigenvalue weighted by molar-refractivity contribution is -0.0723. The first kappa shape index (κ1) is 17.2. The maximum Gasteiger partial charge on any atom is 0.410 e. The standard InChI is InChI=1S/C15H30N2O3/c1-14(2,3)20-13(19)17(6)9-7-8-16-11-10-12(18)15(11,4)5/h11-12,16,18H,7-10H2,1-6H3. The molecule has 2 atom stereocenters. The molecule has 20 heavy (non-hydrogen) atoms. The quantitative estimate of drug-likeness (QED) is 0.759. The van der Waals surface area contributed by atoms with Gasteiger partial charge in [-0.2, -0.15) is 0 Å². The van der Waals surface area contributed by atoms with Gasteiger partial charge in [0.05, 0.1) is 6.10 Å². The Morgan fingerprint density at radius 1 is 1.45 bits per heavy atom. The van der Waals surface area contributed by atoms with Crippen molar-refractivity contribution in [2.75, 3.05) is 20.1 Å². The van der Waals surface area contributed by atoms with E-state index in [1.165, 1.54) is 0 Å². The van der Waals surface area contributed by atoms with Crippen LogP contribution in [0.4, 0.5) is 4.79 Å². The van der Waals surface area contributed by atoms with Crippen molar-refractivity contribution < 1.29 is 14.6 Å². The zero-order valence-electron chi connectivity index (χ0n) is 13.7. The van der Waals surface area contributed by atoms with Gasteiger partial charge in [0.2, 0.25) is 0 Å². The third kappa shape index (κ3) is 4.63. The van der Waals surface area contributed by atoms with E-state index in [1.807, 2.05) is 20.8 Å². The lowest BCUT2D eigenvalue weighted by Crippen LogP contribution is -2.60. The molecule has 118 valence electrons. The van der Waals surface area contributed by atoms with Gasteiger partial charge >= 0.3 is 6.09 Å². The average Bonchev–Trinajstić information content (AvgIpc) is 2.30. The summed E-state index contributed by atoms with van der Waals surface area (Å²) in [6, 6.07) is 0.365. The fourth-order valence-corrected chi connectivity index (χ4v) is 2.27. The maximum atomic E-state index is 11.8. The van der Waals surface area contributed by atoms with Crippen molar-refractivity contribution in [3.05, 3.63) is 0 Å². The van der Waals surface area contributed by atoms with Crippen LogP contribution in [0.1, 0.15) is 47.5 Å². The van der Waals surface area contributed by atoms with E-state index in [9.17, 15) is 9.90 Å². The highest BCUT2D eigenvalue weighted by molar-refractivity contribution is 5.67. The van der Waals surface area contributed by atoms with Crippen molar-refractivity contribution in [1.82, 2.24) is 10.2 Å². The molecule has 0 heterocycles. The number of hydrogen-bond acceptors (Lipinski definition) is 4. The van der Waals surface area contributed by atoms with Gasteiger partial charge in [0.1, 0.15) is 5.60 Å². The van der Waals surface area contributed by atoms with Crippen molar-refractivity contribution in [3.63, 3.8) is 0 Å². The van der Waals surface area contributed by atoms with Crippen LogP contribution >= 0.6 is 0 Å². The number of hydrogen-bond donors (Lipinski definition) is 2. The lowest BCUT2D eigenvalue weighted by Gasteiger charge is -2.49. The Balaban J connectivity index is 2.17. The number of carbonyl (C=O) groups is 1. The minimum Gasteiger partial charge on any atom is -0.444 e. The Hall–Kier alpha value is -0.810. The Morgan fingerprint density at radius 3 is 2.50 bits per heavy atom. The first-order valence-corrected chi connectivity index (χ1v) is 7.39. The lowest BCUT2D eigenvalue weighted by atomic mass is 9.64. The van der Waals surface area contributed by atoms with Crippen LogP contribution in [0.25, 0.3) is 0 Å². The zero-order chi connectivity index (χ0) is 15.6. The number of rotatable bonds is 5. The molecule has 1 rings (SSSR count). The van der Waals surface area contributed by atoms with Gasteiger partial charge in [-0.1, -0.05) is 13.8 Å². The summed E-state index contributed by atoms with van der Waals surface area (Å²) >= 11 is 0. The number of nitrogens with zero attached hydrogens (tertiary/aromatic N) is 1. The third-order valence-corrected chi connectivity index (χ3v) is 3.98. The van der Waals surface area contributed by atoms with E-state index in [-0.39, 0.29) is 17.6 Å². The monoisotopic (exact) mass is 286 g/mol. The average molecular weight is 286 g/mol. The molecule has 1 aliphatic rings. The second kappa shape index (κ2) is 6.31. The van der Waals surface area contributed by atoms with Crippen molar-refractivity contribution >= 4 is 6.09 Å². The number of carbonyl (C=O) groups excluding carboxylic acids is 1. The van der Waals surface area contributed by atoms with E-state index >= 15 is 0 Å². The van der Waals surface area contributed by atoms with Gasteiger partial charge in [-0.25, -0.2) is 4.79 Å². The Labute approximate surface area is 122 Å². The van der Waals surface area contributed by atoms with E-state index in [4.69, 9.17) is 4.74 Å². The maximum absolute atomic E-state index is 11.8. The highest BCUT2D eigenvalue weighted by Gasteiger charge is 2.46. The summed E-state index contributed by atoms with van der Waals surface area (Å²) in [7, 11) is 1.76. The van der Waals surface area contributed by atoms with Crippen molar-refractivity contribution in [2.24, 2.45) is 5.41 Å². The van der Waals surface area contributed by atoms with E-state index in [1.54, 1.807) is 11.9 Å². The largest absolute Gasteiger partial charge is 0.444 e. The van der Waals surface area contributed by atoms with Gasteiger partial charge in [0.25, 0.3) is 0 Å². The molecule has 1 fully saturated rings. The van der Waals surface area contributed by atoms with E-state index in [0.717, 1.165) is 19.4 Å². The second-order valence-corrected chi connectivity index (χ2v) is 7.34. The van der Waals surface area contributed by atoms with E-state index in [0.29, 0.717) is 12.6 Å². The molecule has 0 spiro atoms. The Bertz CT molecular complexity index is 337. The summed E-state index contributed by atoms with van der Waals surface area (Å²) in [6.07, 6.45) is 1.20. The Morgan fingerprint density at radius 2 is 2.05 bits per heavy atom. The summed E-state index contributed by atoms with van der Waals surface area (Å²) in [6.45, 7) is 11.3. The highest BCUT2D eigenvalue weighted by atomic mass is 16.6. The number of ether oxygens (including phenoxy) is 1. The van der Waals surface area contributed by atoms with Crippen LogP contribution in [-0.2, 0) is 4.74 Å². The van der Waals surface area contributed by atoms with Crippen LogP contribution < -0.4 is 5.32 Å². The van der Waals surface area contributed by atoms with Gasteiger partial charge in [-0.05, 0) is 40.2 Å². The predicted molar refractivity (Wildman–Crippen MR) is 79.7 cm³/mol. The number of nitrogens with one attached hydrogen (secondary N) is 1. The molecule has 0 saturated heterocycles. The molecule has 2 N–H and O–H groups in total. The molecule has 0 bridgehead atoms. The van der Waals surface area contributed by atoms with Gasteiger partial charge in [-0.3, -0.25) is 0 Å². The summed E-state index contributed by atoms with van der Waals surface area (Å²) in [5, 5.41) is 13.1. The van der Waals surface area contributed by atoms with Gasteiger partial charge in [0, 0.05) is 25.0 Å². The fourth-order valence-electron chi connectivity index (χ4n) is 2.27. The summed E-state index contributed by atoms with van der Waals surface area (Å²) in [5.74, 6) is 0. The van der Waals surface area contributed by atoms with E-state index < -0.39 is 5.60 Å². The Kier molecular flexibility index (Phi) is 5.44. The number of aliphatic hydroxyl groups excluding tert-OH is 1. The van der Waals surface area contributed by atoms with Gasteiger partial charge < -0.3 is 20.1 Å². The van der Waals surface area contributed by atoms with Crippen LogP contribution in [0, 0.1) is 5.41 Å². The van der Waals surface area contributed by atoms with Crippen molar-refractivity contribution in [2.45, 2.75) is 65.2 Å². The molecule has 5 nitrogen and oxygen atoms in total. The normalized spacial score (nSPS) is 24.9. The molecule has 0 aromatic carbocycles. The molecule has 5 heteroatoms. The minimum absolute atomic E-state index is 0.0446. The van der Waals surface area contributed by atoms with Crippen LogP contribution in [0.15, 0.2) is 0 Å². The molecule has 0 aliphatic heterocycles.